The molecule has 1 aromatic heterocycles. The fraction of sp³-hybridized carbons (Fsp3) is 0.381. The summed E-state index contributed by atoms with van der Waals surface area (Å²) in [4.78, 5) is 8.05. The van der Waals surface area contributed by atoms with Crippen molar-refractivity contribution in [3.8, 4) is 0 Å². The number of nitrogens with one attached hydrogen (secondary N) is 1. The quantitative estimate of drug-likeness (QED) is 0.594. The summed E-state index contributed by atoms with van der Waals surface area (Å²) in [6, 6.07) is 7.02. The van der Waals surface area contributed by atoms with Gasteiger partial charge in [0.1, 0.15) is 11.6 Å². The Kier molecular flexibility index (Phi) is 5.63. The highest BCUT2D eigenvalue weighted by atomic mass is 79.9. The van der Waals surface area contributed by atoms with Crippen molar-refractivity contribution >= 4 is 39.2 Å². The van der Waals surface area contributed by atoms with Gasteiger partial charge in [0.25, 0.3) is 0 Å². The SMILES string of the molecule is CN1CC(Nc2ccc(N3CCC(O)(C(F)(F)F)CC3)cn2)=Cc2c1ccc(Br)c2F. The van der Waals surface area contributed by atoms with Gasteiger partial charge in [-0.3, -0.25) is 0 Å². The molecule has 2 aliphatic heterocycles. The van der Waals surface area contributed by atoms with Crippen molar-refractivity contribution in [3.63, 3.8) is 0 Å². The lowest BCUT2D eigenvalue weighted by Crippen LogP contribution is -2.53. The zero-order chi connectivity index (χ0) is 22.4. The summed E-state index contributed by atoms with van der Waals surface area (Å²) in [5, 5.41) is 13.0. The second-order valence-corrected chi connectivity index (χ2v) is 8.72. The molecule has 3 heterocycles. The molecular formula is C21H21BrF4N4O. The van der Waals surface area contributed by atoms with Crippen molar-refractivity contribution in [3.05, 3.63) is 52.0 Å². The second kappa shape index (κ2) is 7.98. The van der Waals surface area contributed by atoms with E-state index in [0.29, 0.717) is 28.1 Å². The lowest BCUT2D eigenvalue weighted by molar-refractivity contribution is -0.266. The van der Waals surface area contributed by atoms with Crippen molar-refractivity contribution in [2.24, 2.45) is 0 Å². The molecular weight excluding hydrogens is 480 g/mol. The van der Waals surface area contributed by atoms with Gasteiger partial charge in [-0.05, 0) is 46.3 Å². The number of anilines is 3. The third kappa shape index (κ3) is 4.23. The first kappa shape index (κ1) is 21.9. The van der Waals surface area contributed by atoms with E-state index in [1.807, 2.05) is 18.0 Å². The molecule has 5 nitrogen and oxygen atoms in total. The minimum absolute atomic E-state index is 0.0886. The number of benzene rings is 1. The molecule has 0 bridgehead atoms. The van der Waals surface area contributed by atoms with Crippen LogP contribution in [0.4, 0.5) is 34.8 Å². The lowest BCUT2D eigenvalue weighted by atomic mass is 9.90. The highest BCUT2D eigenvalue weighted by Crippen LogP contribution is 2.39. The maximum Gasteiger partial charge on any atom is 0.417 e. The van der Waals surface area contributed by atoms with Crippen LogP contribution in [0, 0.1) is 5.82 Å². The number of piperidine rings is 1. The lowest BCUT2D eigenvalue weighted by Gasteiger charge is -2.40. The molecule has 31 heavy (non-hydrogen) atoms. The summed E-state index contributed by atoms with van der Waals surface area (Å²) in [6.07, 6.45) is -2.06. The third-order valence-electron chi connectivity index (χ3n) is 5.77. The van der Waals surface area contributed by atoms with Gasteiger partial charge < -0.3 is 20.2 Å². The third-order valence-corrected chi connectivity index (χ3v) is 6.38. The van der Waals surface area contributed by atoms with Crippen LogP contribution in [0.25, 0.3) is 6.08 Å². The molecule has 2 aliphatic rings. The number of hydrogen-bond donors (Lipinski definition) is 2. The van der Waals surface area contributed by atoms with Gasteiger partial charge in [-0.1, -0.05) is 0 Å². The molecule has 1 aromatic carbocycles. The van der Waals surface area contributed by atoms with Gasteiger partial charge in [-0.2, -0.15) is 13.2 Å². The monoisotopic (exact) mass is 500 g/mol. The molecule has 0 aliphatic carbocycles. The van der Waals surface area contributed by atoms with E-state index in [1.165, 1.54) is 0 Å². The number of likely N-dealkylation sites (N-methyl/N-ethyl adjacent to an activating group) is 1. The number of rotatable bonds is 3. The number of nitrogens with zero attached hydrogens (tertiary/aromatic N) is 3. The fourth-order valence-corrected chi connectivity index (χ4v) is 4.24. The van der Waals surface area contributed by atoms with E-state index in [9.17, 15) is 22.7 Å². The average Bonchev–Trinajstić information content (AvgIpc) is 2.71. The van der Waals surface area contributed by atoms with Gasteiger partial charge >= 0.3 is 6.18 Å². The van der Waals surface area contributed by atoms with E-state index in [4.69, 9.17) is 0 Å². The molecule has 0 radical (unpaired) electrons. The van der Waals surface area contributed by atoms with E-state index >= 15 is 0 Å². The Morgan fingerprint density at radius 1 is 1.16 bits per heavy atom. The second-order valence-electron chi connectivity index (χ2n) is 7.86. The number of halogens is 5. The Balaban J connectivity index is 1.45. The average molecular weight is 501 g/mol. The van der Waals surface area contributed by atoms with Crippen LogP contribution in [-0.4, -0.2) is 48.5 Å². The summed E-state index contributed by atoms with van der Waals surface area (Å²) in [5.74, 6) is 0.210. The van der Waals surface area contributed by atoms with Crippen LogP contribution in [0.5, 0.6) is 0 Å². The van der Waals surface area contributed by atoms with E-state index < -0.39 is 11.8 Å². The smallest absolute Gasteiger partial charge is 0.380 e. The Labute approximate surface area is 185 Å². The summed E-state index contributed by atoms with van der Waals surface area (Å²) in [6.45, 7) is 0.719. The minimum atomic E-state index is -4.63. The van der Waals surface area contributed by atoms with Gasteiger partial charge in [-0.15, -0.1) is 0 Å². The molecule has 0 saturated carbocycles. The van der Waals surface area contributed by atoms with Crippen LogP contribution in [0.2, 0.25) is 0 Å². The maximum absolute atomic E-state index is 14.5. The maximum atomic E-state index is 14.5. The molecule has 0 unspecified atom stereocenters. The van der Waals surface area contributed by atoms with Gasteiger partial charge in [0.2, 0.25) is 0 Å². The Hall–Kier alpha value is -2.33. The summed E-state index contributed by atoms with van der Waals surface area (Å²) in [5.41, 5.74) is 0.0924. The molecule has 0 spiro atoms. The molecule has 1 fully saturated rings. The van der Waals surface area contributed by atoms with Gasteiger partial charge in [-0.25, -0.2) is 9.37 Å². The van der Waals surface area contributed by atoms with Crippen molar-refractivity contribution in [2.45, 2.75) is 24.6 Å². The van der Waals surface area contributed by atoms with Crippen LogP contribution in [0.1, 0.15) is 18.4 Å². The molecule has 2 N–H and O–H groups in total. The van der Waals surface area contributed by atoms with E-state index in [1.54, 1.807) is 35.4 Å². The number of aliphatic hydroxyl groups is 1. The van der Waals surface area contributed by atoms with E-state index in [2.05, 4.69) is 26.2 Å². The first-order valence-corrected chi connectivity index (χ1v) is 10.5. The normalized spacial score (nSPS) is 18.5. The Morgan fingerprint density at radius 3 is 2.48 bits per heavy atom. The van der Waals surface area contributed by atoms with Gasteiger partial charge in [0, 0.05) is 49.9 Å². The highest BCUT2D eigenvalue weighted by molar-refractivity contribution is 9.10. The summed E-state index contributed by atoms with van der Waals surface area (Å²) < 4.78 is 53.8. The standard InChI is InChI=1S/C21H21BrF4N4O/c1-29-12-13(10-15-17(29)4-3-16(22)19(15)23)28-18-5-2-14(11-27-18)30-8-6-20(31,7-9-30)21(24,25)26/h2-5,10-11,31H,6-9,12H2,1H3,(H,27,28). The van der Waals surface area contributed by atoms with Gasteiger partial charge in [0.05, 0.1) is 22.9 Å². The molecule has 2 aromatic rings. The van der Waals surface area contributed by atoms with Crippen LogP contribution < -0.4 is 15.1 Å². The predicted octanol–water partition coefficient (Wildman–Crippen LogP) is 4.78. The van der Waals surface area contributed by atoms with Crippen LogP contribution in [0.15, 0.2) is 40.6 Å². The number of fused-ring (bicyclic) bond motifs is 1. The van der Waals surface area contributed by atoms with Crippen molar-refractivity contribution in [2.75, 3.05) is 41.8 Å². The summed E-state index contributed by atoms with van der Waals surface area (Å²) >= 11 is 3.21. The van der Waals surface area contributed by atoms with Crippen molar-refractivity contribution in [1.29, 1.82) is 0 Å². The van der Waals surface area contributed by atoms with Gasteiger partial charge in [0.15, 0.2) is 5.60 Å². The van der Waals surface area contributed by atoms with Crippen LogP contribution in [-0.2, 0) is 0 Å². The summed E-state index contributed by atoms with van der Waals surface area (Å²) in [7, 11) is 1.87. The number of hydrogen-bond acceptors (Lipinski definition) is 5. The molecule has 10 heteroatoms. The van der Waals surface area contributed by atoms with Crippen LogP contribution in [0.3, 0.4) is 0 Å². The molecule has 1 saturated heterocycles. The first-order valence-electron chi connectivity index (χ1n) is 9.74. The van der Waals surface area contributed by atoms with Crippen molar-refractivity contribution < 1.29 is 22.7 Å². The fourth-order valence-electron chi connectivity index (χ4n) is 3.89. The first-order chi connectivity index (χ1) is 14.6. The van der Waals surface area contributed by atoms with Crippen molar-refractivity contribution in [1.82, 2.24) is 4.98 Å². The largest absolute Gasteiger partial charge is 0.417 e. The highest BCUT2D eigenvalue weighted by Gasteiger charge is 2.54. The molecule has 4 rings (SSSR count). The Bertz CT molecular complexity index is 1000. The predicted molar refractivity (Wildman–Crippen MR) is 116 cm³/mol. The minimum Gasteiger partial charge on any atom is -0.380 e. The number of aromatic nitrogens is 1. The molecule has 0 amide bonds. The topological polar surface area (TPSA) is 51.6 Å². The zero-order valence-electron chi connectivity index (χ0n) is 16.7. The Morgan fingerprint density at radius 2 is 1.87 bits per heavy atom. The van der Waals surface area contributed by atoms with E-state index in [0.717, 1.165) is 11.4 Å². The molecule has 0 atom stereocenters. The van der Waals surface area contributed by atoms with E-state index in [-0.39, 0.29) is 31.7 Å². The molecule has 166 valence electrons. The number of pyridine rings is 1. The zero-order valence-corrected chi connectivity index (χ0v) is 18.3. The number of alkyl halides is 3. The van der Waals surface area contributed by atoms with Crippen LogP contribution >= 0.6 is 15.9 Å².